The van der Waals surface area contributed by atoms with Gasteiger partial charge in [-0.2, -0.15) is 0 Å². The zero-order chi connectivity index (χ0) is 27.7. The van der Waals surface area contributed by atoms with Crippen molar-refractivity contribution >= 4 is 35.0 Å². The monoisotopic (exact) mass is 571 g/mol. The van der Waals surface area contributed by atoms with Crippen molar-refractivity contribution in [2.45, 2.75) is 49.1 Å². The van der Waals surface area contributed by atoms with E-state index in [2.05, 4.69) is 23.5 Å². The number of nitrogens with zero attached hydrogens (tertiary/aromatic N) is 2. The van der Waals surface area contributed by atoms with Crippen molar-refractivity contribution in [3.05, 3.63) is 99.3 Å². The van der Waals surface area contributed by atoms with E-state index in [1.54, 1.807) is 35.9 Å². The van der Waals surface area contributed by atoms with Gasteiger partial charge in [0, 0.05) is 21.7 Å². The normalized spacial score (nSPS) is 15.2. The highest BCUT2D eigenvalue weighted by molar-refractivity contribution is 7.99. The maximum atomic E-state index is 14.7. The first-order chi connectivity index (χ1) is 19.5. The number of ether oxygens (including phenoxy) is 1. The third-order valence-electron chi connectivity index (χ3n) is 7.98. The molecule has 1 amide bonds. The van der Waals surface area contributed by atoms with E-state index in [9.17, 15) is 9.59 Å². The van der Waals surface area contributed by atoms with Crippen molar-refractivity contribution in [2.75, 3.05) is 18.2 Å². The predicted octanol–water partition coefficient (Wildman–Crippen LogP) is 7.05. The molecule has 0 aliphatic heterocycles. The number of para-hydroxylation sites is 2. The zero-order valence-corrected chi connectivity index (χ0v) is 23.9. The number of halogens is 1. The van der Waals surface area contributed by atoms with Crippen LogP contribution in [0.4, 0.5) is 5.69 Å². The van der Waals surface area contributed by atoms with Gasteiger partial charge in [-0.05, 0) is 61.2 Å². The van der Waals surface area contributed by atoms with Gasteiger partial charge in [0.15, 0.2) is 5.16 Å². The molecular formula is C32H30ClN3O3S. The van der Waals surface area contributed by atoms with Crippen LogP contribution in [0.3, 0.4) is 0 Å². The number of thioether (sulfide) groups is 1. The van der Waals surface area contributed by atoms with Crippen molar-refractivity contribution in [1.29, 1.82) is 0 Å². The Labute approximate surface area is 242 Å². The molecule has 1 saturated carbocycles. The minimum atomic E-state index is -0.245. The van der Waals surface area contributed by atoms with E-state index < -0.39 is 0 Å². The second kappa shape index (κ2) is 11.1. The van der Waals surface area contributed by atoms with Crippen molar-refractivity contribution in [3.63, 3.8) is 0 Å². The van der Waals surface area contributed by atoms with Gasteiger partial charge in [-0.25, -0.2) is 4.98 Å². The highest BCUT2D eigenvalue weighted by Gasteiger charge is 2.43. The number of methoxy groups -OCH3 is 1. The number of hydrogen-bond acceptors (Lipinski definition) is 5. The second-order valence-electron chi connectivity index (χ2n) is 10.4. The van der Waals surface area contributed by atoms with E-state index in [0.717, 1.165) is 48.9 Å². The van der Waals surface area contributed by atoms with E-state index in [1.165, 1.54) is 23.7 Å². The molecule has 3 aromatic carbocycles. The molecule has 1 spiro atoms. The van der Waals surface area contributed by atoms with Crippen molar-refractivity contribution < 1.29 is 9.53 Å². The zero-order valence-electron chi connectivity index (χ0n) is 22.3. The molecule has 0 saturated heterocycles. The predicted molar refractivity (Wildman–Crippen MR) is 161 cm³/mol. The molecule has 2 aliphatic rings. The van der Waals surface area contributed by atoms with Crippen LogP contribution < -0.4 is 15.6 Å². The van der Waals surface area contributed by atoms with Crippen LogP contribution >= 0.6 is 23.4 Å². The molecule has 1 heterocycles. The summed E-state index contributed by atoms with van der Waals surface area (Å²) in [6.07, 6.45) is 6.15. The highest BCUT2D eigenvalue weighted by Crippen LogP contribution is 2.49. The molecule has 1 N–H and O–H groups in total. The summed E-state index contributed by atoms with van der Waals surface area (Å²) in [5.41, 5.74) is 4.74. The largest absolute Gasteiger partial charge is 0.495 e. The lowest BCUT2D eigenvalue weighted by molar-refractivity contribution is -0.113. The van der Waals surface area contributed by atoms with Gasteiger partial charge in [0.25, 0.3) is 5.56 Å². The van der Waals surface area contributed by atoms with E-state index >= 15 is 0 Å². The molecule has 1 fully saturated rings. The molecule has 6 nitrogen and oxygen atoms in total. The third kappa shape index (κ3) is 4.93. The number of hydrogen-bond donors (Lipinski definition) is 1. The smallest absolute Gasteiger partial charge is 0.263 e. The Morgan fingerprint density at radius 2 is 1.75 bits per heavy atom. The Kier molecular flexibility index (Phi) is 7.43. The Bertz CT molecular complexity index is 1630. The molecule has 8 heteroatoms. The van der Waals surface area contributed by atoms with Gasteiger partial charge in [-0.3, -0.25) is 14.2 Å². The van der Waals surface area contributed by atoms with Gasteiger partial charge in [0.2, 0.25) is 5.91 Å². The highest BCUT2D eigenvalue weighted by atomic mass is 35.5. The first kappa shape index (κ1) is 26.7. The number of rotatable bonds is 6. The van der Waals surface area contributed by atoms with Gasteiger partial charge in [0.1, 0.15) is 5.75 Å². The van der Waals surface area contributed by atoms with Crippen molar-refractivity contribution in [1.82, 2.24) is 9.55 Å². The van der Waals surface area contributed by atoms with Crippen molar-refractivity contribution in [2.24, 2.45) is 0 Å². The summed E-state index contributed by atoms with van der Waals surface area (Å²) in [6.45, 7) is 0. The number of benzene rings is 3. The Hall–Kier alpha value is -3.55. The summed E-state index contributed by atoms with van der Waals surface area (Å²) in [4.78, 5) is 32.8. The van der Waals surface area contributed by atoms with Crippen LogP contribution in [0.15, 0.2) is 82.7 Å². The lowest BCUT2D eigenvalue weighted by atomic mass is 9.62. The number of nitrogens with one attached hydrogen (secondary N) is 1. The molecule has 204 valence electrons. The number of fused-ring (bicyclic) bond motifs is 4. The number of anilines is 1. The van der Waals surface area contributed by atoms with E-state index in [4.69, 9.17) is 21.3 Å². The number of aromatic nitrogens is 2. The molecule has 2 aliphatic carbocycles. The Balaban J connectivity index is 1.49. The molecular weight excluding hydrogens is 542 g/mol. The first-order valence-corrected chi connectivity index (χ1v) is 14.9. The Morgan fingerprint density at radius 1 is 1.02 bits per heavy atom. The molecule has 0 radical (unpaired) electrons. The summed E-state index contributed by atoms with van der Waals surface area (Å²) < 4.78 is 7.33. The molecule has 0 atom stereocenters. The maximum Gasteiger partial charge on any atom is 0.263 e. The lowest BCUT2D eigenvalue weighted by Crippen LogP contribution is -2.43. The molecule has 0 unspecified atom stereocenters. The van der Waals surface area contributed by atoms with Crippen molar-refractivity contribution in [3.8, 4) is 22.7 Å². The van der Waals surface area contributed by atoms with E-state index in [1.807, 2.05) is 30.3 Å². The summed E-state index contributed by atoms with van der Waals surface area (Å²) in [5.74, 6) is 0.457. The number of carbonyl (C=O) groups excluding carboxylic acids is 1. The average Bonchev–Trinajstić information content (AvgIpc) is 2.97. The number of amides is 1. The average molecular weight is 572 g/mol. The van der Waals surface area contributed by atoms with E-state index in [-0.39, 0.29) is 22.6 Å². The Morgan fingerprint density at radius 3 is 2.52 bits per heavy atom. The van der Waals surface area contributed by atoms with Crippen LogP contribution in [0.2, 0.25) is 5.02 Å². The maximum absolute atomic E-state index is 14.7. The number of carbonyl (C=O) groups is 1. The third-order valence-corrected chi connectivity index (χ3v) is 9.17. The summed E-state index contributed by atoms with van der Waals surface area (Å²) >= 11 is 7.23. The lowest BCUT2D eigenvalue weighted by Gasteiger charge is -2.42. The second-order valence-corrected chi connectivity index (χ2v) is 11.8. The minimum absolute atomic E-state index is 0.0773. The summed E-state index contributed by atoms with van der Waals surface area (Å²) in [5, 5.41) is 3.96. The molecule has 0 bridgehead atoms. The quantitative estimate of drug-likeness (QED) is 0.198. The molecule has 40 heavy (non-hydrogen) atoms. The van der Waals surface area contributed by atoms with Crippen LogP contribution in [0, 0.1) is 0 Å². The first-order valence-electron chi connectivity index (χ1n) is 13.6. The van der Waals surface area contributed by atoms with Gasteiger partial charge in [-0.15, -0.1) is 0 Å². The fourth-order valence-electron chi connectivity index (χ4n) is 6.17. The van der Waals surface area contributed by atoms with Crippen LogP contribution in [0.5, 0.6) is 5.75 Å². The minimum Gasteiger partial charge on any atom is -0.495 e. The molecule has 1 aromatic heterocycles. The van der Waals surface area contributed by atoms with Crippen LogP contribution in [0.1, 0.15) is 43.2 Å². The van der Waals surface area contributed by atoms with Gasteiger partial charge in [-0.1, -0.05) is 79.0 Å². The SMILES string of the molecule is COc1ccccc1-n1c(SCC(=O)Nc2ccc(Cl)cc2)nc2c(c1=O)C1(CCCCC1)Cc1ccccc1-2. The standard InChI is InChI=1S/C32H30ClN3O3S/c1-39-26-12-6-5-11-25(26)36-30(38)28-29(24-10-4-3-9-21(24)19-32(28)17-7-2-8-18-32)35-31(36)40-20-27(37)34-23-15-13-22(33)14-16-23/h3-6,9-16H,2,7-8,17-20H2,1H3,(H,34,37). The summed E-state index contributed by atoms with van der Waals surface area (Å²) in [7, 11) is 1.60. The van der Waals surface area contributed by atoms with Gasteiger partial charge < -0.3 is 10.1 Å². The van der Waals surface area contributed by atoms with Crippen LogP contribution in [0.25, 0.3) is 16.9 Å². The topological polar surface area (TPSA) is 73.2 Å². The van der Waals surface area contributed by atoms with E-state index in [0.29, 0.717) is 27.3 Å². The molecule has 4 aromatic rings. The summed E-state index contributed by atoms with van der Waals surface area (Å²) in [6, 6.07) is 22.7. The van der Waals surface area contributed by atoms with Gasteiger partial charge in [0.05, 0.1) is 29.8 Å². The van der Waals surface area contributed by atoms with Gasteiger partial charge >= 0.3 is 0 Å². The molecule has 6 rings (SSSR count). The fraction of sp³-hybridized carbons (Fsp3) is 0.281. The van der Waals surface area contributed by atoms with Crippen LogP contribution in [-0.2, 0) is 16.6 Å². The van der Waals surface area contributed by atoms with Crippen LogP contribution in [-0.4, -0.2) is 28.3 Å². The fourth-order valence-corrected chi connectivity index (χ4v) is 7.10.